The summed E-state index contributed by atoms with van der Waals surface area (Å²) in [4.78, 5) is 0. The molecular weight excluding hydrogens is 265 g/mol. The predicted octanol–water partition coefficient (Wildman–Crippen LogP) is 3.65. The molecule has 0 aromatic heterocycles. The van der Waals surface area contributed by atoms with E-state index in [0.717, 1.165) is 11.1 Å². The molecule has 0 radical (unpaired) electrons. The Morgan fingerprint density at radius 2 is 1.89 bits per heavy atom. The van der Waals surface area contributed by atoms with E-state index in [1.807, 2.05) is 18.2 Å². The van der Waals surface area contributed by atoms with Crippen LogP contribution >= 0.6 is 11.6 Å². The third kappa shape index (κ3) is 4.03. The van der Waals surface area contributed by atoms with Gasteiger partial charge in [-0.3, -0.25) is 0 Å². The third-order valence-electron chi connectivity index (χ3n) is 2.76. The summed E-state index contributed by atoms with van der Waals surface area (Å²) in [7, 11) is 0. The number of hydrogen-bond acceptors (Lipinski definition) is 2. The highest BCUT2D eigenvalue weighted by Gasteiger charge is 2.04. The Kier molecular flexibility index (Phi) is 4.91. The van der Waals surface area contributed by atoms with Crippen LogP contribution in [0, 0.1) is 5.82 Å². The van der Waals surface area contributed by atoms with Gasteiger partial charge in [0.1, 0.15) is 5.82 Å². The lowest BCUT2D eigenvalue weighted by molar-refractivity contribution is 0.105. The molecule has 0 aliphatic carbocycles. The molecule has 0 fully saturated rings. The number of hydrogen-bond donors (Lipinski definition) is 1. The Balaban J connectivity index is 1.95. The van der Waals surface area contributed by atoms with Gasteiger partial charge in [0.05, 0.1) is 13.2 Å². The second kappa shape index (κ2) is 6.66. The topological polar surface area (TPSA) is 35.2 Å². The maximum atomic E-state index is 13.6. The van der Waals surface area contributed by atoms with Crippen LogP contribution in [0.25, 0.3) is 0 Å². The monoisotopic (exact) mass is 279 g/mol. The van der Waals surface area contributed by atoms with E-state index in [-0.39, 0.29) is 12.4 Å². The molecule has 0 bridgehead atoms. The maximum Gasteiger partial charge on any atom is 0.128 e. The molecule has 100 valence electrons. The predicted molar refractivity (Wildman–Crippen MR) is 74.2 cm³/mol. The van der Waals surface area contributed by atoms with Crippen LogP contribution in [-0.4, -0.2) is 0 Å². The fourth-order valence-electron chi connectivity index (χ4n) is 1.77. The number of rotatable bonds is 5. The van der Waals surface area contributed by atoms with Crippen molar-refractivity contribution in [2.24, 2.45) is 5.73 Å². The number of benzene rings is 2. The largest absolute Gasteiger partial charge is 0.372 e. The highest BCUT2D eigenvalue weighted by Crippen LogP contribution is 2.15. The summed E-state index contributed by atoms with van der Waals surface area (Å²) < 4.78 is 19.1. The minimum absolute atomic E-state index is 0.214. The van der Waals surface area contributed by atoms with Gasteiger partial charge in [-0.15, -0.1) is 0 Å². The van der Waals surface area contributed by atoms with E-state index in [4.69, 9.17) is 22.1 Å². The van der Waals surface area contributed by atoms with E-state index in [1.165, 1.54) is 6.07 Å². The average molecular weight is 280 g/mol. The zero-order valence-corrected chi connectivity index (χ0v) is 11.2. The fraction of sp³-hybridized carbons (Fsp3) is 0.200. The minimum Gasteiger partial charge on any atom is -0.372 e. The molecule has 0 aliphatic rings. The first kappa shape index (κ1) is 14.0. The molecule has 19 heavy (non-hydrogen) atoms. The third-order valence-corrected chi connectivity index (χ3v) is 3.00. The van der Waals surface area contributed by atoms with Crippen molar-refractivity contribution in [3.8, 4) is 0 Å². The summed E-state index contributed by atoms with van der Waals surface area (Å²) in [6.07, 6.45) is 0. The van der Waals surface area contributed by atoms with Crippen LogP contribution in [-0.2, 0) is 24.5 Å². The van der Waals surface area contributed by atoms with Crippen LogP contribution in [0.2, 0.25) is 5.02 Å². The van der Waals surface area contributed by atoms with E-state index in [1.54, 1.807) is 18.2 Å². The van der Waals surface area contributed by atoms with Crippen molar-refractivity contribution < 1.29 is 9.13 Å². The van der Waals surface area contributed by atoms with Crippen molar-refractivity contribution in [2.75, 3.05) is 0 Å². The molecule has 0 heterocycles. The molecular formula is C15H15ClFNO. The Morgan fingerprint density at radius 3 is 2.63 bits per heavy atom. The van der Waals surface area contributed by atoms with E-state index in [0.29, 0.717) is 23.7 Å². The quantitative estimate of drug-likeness (QED) is 0.907. The van der Waals surface area contributed by atoms with Crippen molar-refractivity contribution in [2.45, 2.75) is 19.8 Å². The van der Waals surface area contributed by atoms with E-state index in [2.05, 4.69) is 0 Å². The lowest BCUT2D eigenvalue weighted by Crippen LogP contribution is -2.01. The summed E-state index contributed by atoms with van der Waals surface area (Å²) in [6, 6.07) is 12.2. The van der Waals surface area contributed by atoms with E-state index < -0.39 is 0 Å². The fourth-order valence-corrected chi connectivity index (χ4v) is 1.98. The summed E-state index contributed by atoms with van der Waals surface area (Å²) in [5.74, 6) is -0.275. The van der Waals surface area contributed by atoms with Gasteiger partial charge in [0, 0.05) is 17.1 Å². The van der Waals surface area contributed by atoms with Gasteiger partial charge in [0.25, 0.3) is 0 Å². The van der Waals surface area contributed by atoms with Crippen molar-refractivity contribution in [1.29, 1.82) is 0 Å². The SMILES string of the molecule is NCc1ccc(F)c(COCc2cccc(Cl)c2)c1. The summed E-state index contributed by atoms with van der Waals surface area (Å²) in [6.45, 7) is 1.00. The Hall–Kier alpha value is -1.42. The van der Waals surface area contributed by atoms with Crippen molar-refractivity contribution in [3.63, 3.8) is 0 Å². The van der Waals surface area contributed by atoms with E-state index >= 15 is 0 Å². The molecule has 2 aromatic carbocycles. The van der Waals surface area contributed by atoms with Crippen LogP contribution in [0.5, 0.6) is 0 Å². The van der Waals surface area contributed by atoms with Gasteiger partial charge in [-0.05, 0) is 35.4 Å². The lowest BCUT2D eigenvalue weighted by Gasteiger charge is -2.07. The zero-order valence-electron chi connectivity index (χ0n) is 10.4. The first-order valence-corrected chi connectivity index (χ1v) is 6.36. The van der Waals surface area contributed by atoms with Crippen LogP contribution in [0.3, 0.4) is 0 Å². The molecule has 0 saturated heterocycles. The molecule has 0 amide bonds. The summed E-state index contributed by atoms with van der Waals surface area (Å²) >= 11 is 5.88. The van der Waals surface area contributed by atoms with Gasteiger partial charge in [-0.25, -0.2) is 4.39 Å². The molecule has 2 N–H and O–H groups in total. The standard InChI is InChI=1S/C15H15ClFNO/c16-14-3-1-2-12(7-14)9-19-10-13-6-11(8-18)4-5-15(13)17/h1-7H,8-10,18H2. The van der Waals surface area contributed by atoms with Crippen molar-refractivity contribution >= 4 is 11.6 Å². The first-order chi connectivity index (χ1) is 9.19. The molecule has 0 aliphatic heterocycles. The van der Waals surface area contributed by atoms with Gasteiger partial charge >= 0.3 is 0 Å². The normalized spacial score (nSPS) is 10.7. The molecule has 2 rings (SSSR count). The number of halogens is 2. The van der Waals surface area contributed by atoms with Crippen LogP contribution < -0.4 is 5.73 Å². The van der Waals surface area contributed by atoms with Gasteiger partial charge in [-0.2, -0.15) is 0 Å². The molecule has 4 heteroatoms. The molecule has 0 spiro atoms. The van der Waals surface area contributed by atoms with Crippen LogP contribution in [0.1, 0.15) is 16.7 Å². The first-order valence-electron chi connectivity index (χ1n) is 5.98. The molecule has 2 aromatic rings. The minimum atomic E-state index is -0.275. The maximum absolute atomic E-state index is 13.6. The van der Waals surface area contributed by atoms with E-state index in [9.17, 15) is 4.39 Å². The molecule has 0 unspecified atom stereocenters. The zero-order chi connectivity index (χ0) is 13.7. The second-order valence-corrected chi connectivity index (χ2v) is 4.69. The van der Waals surface area contributed by atoms with Crippen molar-refractivity contribution in [1.82, 2.24) is 0 Å². The Bertz CT molecular complexity index is 560. The van der Waals surface area contributed by atoms with Crippen LogP contribution in [0.4, 0.5) is 4.39 Å². The van der Waals surface area contributed by atoms with Crippen molar-refractivity contribution in [3.05, 3.63) is 70.0 Å². The highest BCUT2D eigenvalue weighted by atomic mass is 35.5. The second-order valence-electron chi connectivity index (χ2n) is 4.25. The average Bonchev–Trinajstić information content (AvgIpc) is 2.41. The van der Waals surface area contributed by atoms with Gasteiger partial charge in [0.2, 0.25) is 0 Å². The van der Waals surface area contributed by atoms with Crippen LogP contribution in [0.15, 0.2) is 42.5 Å². The van der Waals surface area contributed by atoms with Gasteiger partial charge in [-0.1, -0.05) is 29.8 Å². The molecule has 2 nitrogen and oxygen atoms in total. The summed E-state index contributed by atoms with van der Waals surface area (Å²) in [5.41, 5.74) is 7.90. The summed E-state index contributed by atoms with van der Waals surface area (Å²) in [5, 5.41) is 0.664. The number of ether oxygens (including phenoxy) is 1. The highest BCUT2D eigenvalue weighted by molar-refractivity contribution is 6.30. The van der Waals surface area contributed by atoms with Gasteiger partial charge < -0.3 is 10.5 Å². The molecule has 0 saturated carbocycles. The lowest BCUT2D eigenvalue weighted by atomic mass is 10.1. The Morgan fingerprint density at radius 1 is 1.05 bits per heavy atom. The van der Waals surface area contributed by atoms with Gasteiger partial charge in [0.15, 0.2) is 0 Å². The smallest absolute Gasteiger partial charge is 0.128 e. The number of nitrogens with two attached hydrogens (primary N) is 1. The Labute approximate surface area is 117 Å². The molecule has 0 atom stereocenters.